The van der Waals surface area contributed by atoms with Gasteiger partial charge in [-0.3, -0.25) is 0 Å². The largest absolute Gasteiger partial charge is 0.329 e. The van der Waals surface area contributed by atoms with Crippen LogP contribution in [0.25, 0.3) is 0 Å². The molecule has 0 aliphatic carbocycles. The van der Waals surface area contributed by atoms with Gasteiger partial charge in [0.2, 0.25) is 0 Å². The number of likely N-dealkylation sites (N-methyl/N-ethyl adjacent to an activating group) is 1. The summed E-state index contributed by atoms with van der Waals surface area (Å²) in [5.41, 5.74) is 6.00. The van der Waals surface area contributed by atoms with Crippen LogP contribution in [0.1, 0.15) is 12.5 Å². The van der Waals surface area contributed by atoms with Gasteiger partial charge in [0, 0.05) is 22.7 Å². The van der Waals surface area contributed by atoms with Crippen molar-refractivity contribution >= 4 is 11.6 Å². The molecule has 16 heavy (non-hydrogen) atoms. The number of nitrogens with zero attached hydrogens (tertiary/aromatic N) is 1. The molecule has 0 spiro atoms. The Bertz CT molecular complexity index is 348. The summed E-state index contributed by atoms with van der Waals surface area (Å²) >= 11 is 6.00. The van der Waals surface area contributed by atoms with Crippen LogP contribution in [-0.4, -0.2) is 31.1 Å². The predicted octanol–water partition coefficient (Wildman–Crippen LogP) is 2.30. The molecular formula is C12H18ClFN2. The highest BCUT2D eigenvalue weighted by Gasteiger charge is 2.27. The van der Waals surface area contributed by atoms with Crippen LogP contribution in [-0.2, 0) is 6.42 Å². The third kappa shape index (κ3) is 2.73. The number of nitrogens with two attached hydrogens (primary N) is 1. The van der Waals surface area contributed by atoms with Gasteiger partial charge in [0.15, 0.2) is 0 Å². The number of hydrogen-bond donors (Lipinski definition) is 1. The molecule has 0 saturated carbocycles. The summed E-state index contributed by atoms with van der Waals surface area (Å²) in [6.07, 6.45) is 0.502. The van der Waals surface area contributed by atoms with Gasteiger partial charge in [0.25, 0.3) is 0 Å². The Morgan fingerprint density at radius 1 is 1.44 bits per heavy atom. The molecule has 1 aromatic rings. The second kappa shape index (κ2) is 5.13. The van der Waals surface area contributed by atoms with Gasteiger partial charge in [-0.05, 0) is 39.6 Å². The average molecular weight is 245 g/mol. The zero-order valence-corrected chi connectivity index (χ0v) is 10.7. The van der Waals surface area contributed by atoms with Gasteiger partial charge in [-0.1, -0.05) is 17.7 Å². The lowest BCUT2D eigenvalue weighted by Gasteiger charge is -2.35. The van der Waals surface area contributed by atoms with Gasteiger partial charge in [-0.15, -0.1) is 0 Å². The first kappa shape index (κ1) is 13.4. The van der Waals surface area contributed by atoms with Crippen molar-refractivity contribution < 1.29 is 4.39 Å². The van der Waals surface area contributed by atoms with Crippen LogP contribution >= 0.6 is 11.6 Å². The van der Waals surface area contributed by atoms with E-state index in [9.17, 15) is 4.39 Å². The molecule has 1 rings (SSSR count). The van der Waals surface area contributed by atoms with Crippen LogP contribution in [0.5, 0.6) is 0 Å². The second-order valence-corrected chi connectivity index (χ2v) is 4.88. The minimum Gasteiger partial charge on any atom is -0.329 e. The molecule has 0 heterocycles. The third-order valence-corrected chi connectivity index (χ3v) is 3.49. The Kier molecular flexibility index (Phi) is 4.30. The molecule has 1 unspecified atom stereocenters. The molecule has 0 aliphatic rings. The maximum absolute atomic E-state index is 13.6. The molecule has 0 saturated heterocycles. The molecule has 0 fully saturated rings. The normalized spacial score (nSPS) is 15.2. The molecule has 0 amide bonds. The fraction of sp³-hybridized carbons (Fsp3) is 0.500. The first-order chi connectivity index (χ1) is 7.40. The monoisotopic (exact) mass is 244 g/mol. The van der Waals surface area contributed by atoms with Crippen LogP contribution in [0, 0.1) is 5.82 Å². The predicted molar refractivity (Wildman–Crippen MR) is 66.3 cm³/mol. The van der Waals surface area contributed by atoms with Crippen molar-refractivity contribution in [3.8, 4) is 0 Å². The molecule has 2 N–H and O–H groups in total. The maximum atomic E-state index is 13.6. The Labute approximate surface area is 101 Å². The number of halogens is 2. The molecule has 0 aromatic heterocycles. The summed E-state index contributed by atoms with van der Waals surface area (Å²) in [7, 11) is 3.86. The molecule has 0 radical (unpaired) electrons. The highest BCUT2D eigenvalue weighted by Crippen LogP contribution is 2.25. The minimum absolute atomic E-state index is 0.269. The maximum Gasteiger partial charge on any atom is 0.127 e. The second-order valence-electron chi connectivity index (χ2n) is 4.47. The van der Waals surface area contributed by atoms with Gasteiger partial charge >= 0.3 is 0 Å². The lowest BCUT2D eigenvalue weighted by molar-refractivity contribution is 0.179. The average Bonchev–Trinajstić information content (AvgIpc) is 2.23. The summed E-state index contributed by atoms with van der Waals surface area (Å²) in [6, 6.07) is 4.73. The molecule has 4 heteroatoms. The van der Waals surface area contributed by atoms with E-state index in [1.165, 1.54) is 6.07 Å². The molecular weight excluding hydrogens is 227 g/mol. The number of hydrogen-bond acceptors (Lipinski definition) is 2. The van der Waals surface area contributed by atoms with Crippen molar-refractivity contribution in [2.45, 2.75) is 18.9 Å². The van der Waals surface area contributed by atoms with Crippen molar-refractivity contribution in [1.82, 2.24) is 4.90 Å². The highest BCUT2D eigenvalue weighted by atomic mass is 35.5. The topological polar surface area (TPSA) is 29.3 Å². The van der Waals surface area contributed by atoms with Crippen molar-refractivity contribution in [1.29, 1.82) is 0 Å². The van der Waals surface area contributed by atoms with E-state index in [1.54, 1.807) is 12.1 Å². The Morgan fingerprint density at radius 3 is 2.50 bits per heavy atom. The standard InChI is InChI=1S/C12H18ClFN2/c1-12(8-15,16(2)3)7-9-10(13)5-4-6-11(9)14/h4-6H,7-8,15H2,1-3H3. The molecule has 1 aromatic carbocycles. The van der Waals surface area contributed by atoms with Crippen LogP contribution in [0.15, 0.2) is 18.2 Å². The van der Waals surface area contributed by atoms with Crippen molar-refractivity contribution in [2.24, 2.45) is 5.73 Å². The lowest BCUT2D eigenvalue weighted by Crippen LogP contribution is -2.49. The zero-order valence-electron chi connectivity index (χ0n) is 9.93. The Morgan fingerprint density at radius 2 is 2.06 bits per heavy atom. The van der Waals surface area contributed by atoms with E-state index in [2.05, 4.69) is 0 Å². The van der Waals surface area contributed by atoms with Crippen LogP contribution in [0.4, 0.5) is 4.39 Å². The summed E-state index contributed by atoms with van der Waals surface area (Å²) in [4.78, 5) is 2.00. The Balaban J connectivity index is 3.03. The van der Waals surface area contributed by atoms with E-state index in [1.807, 2.05) is 25.9 Å². The van der Waals surface area contributed by atoms with E-state index in [0.717, 1.165) is 0 Å². The van der Waals surface area contributed by atoms with E-state index < -0.39 is 0 Å². The number of rotatable bonds is 4. The summed E-state index contributed by atoms with van der Waals surface area (Å²) < 4.78 is 13.6. The van der Waals surface area contributed by atoms with Gasteiger partial charge in [0.05, 0.1) is 0 Å². The van der Waals surface area contributed by atoms with Crippen molar-refractivity contribution in [2.75, 3.05) is 20.6 Å². The molecule has 0 bridgehead atoms. The van der Waals surface area contributed by atoms with Gasteiger partial charge in [-0.25, -0.2) is 4.39 Å². The minimum atomic E-state index is -0.286. The van der Waals surface area contributed by atoms with Crippen LogP contribution in [0.3, 0.4) is 0 Å². The van der Waals surface area contributed by atoms with Crippen LogP contribution < -0.4 is 5.73 Å². The quantitative estimate of drug-likeness (QED) is 0.881. The SMILES string of the molecule is CN(C)C(C)(CN)Cc1c(F)cccc1Cl. The molecule has 0 aliphatic heterocycles. The first-order valence-corrected chi connectivity index (χ1v) is 5.59. The van der Waals surface area contributed by atoms with Gasteiger partial charge in [-0.2, -0.15) is 0 Å². The van der Waals surface area contributed by atoms with E-state index in [4.69, 9.17) is 17.3 Å². The van der Waals surface area contributed by atoms with Gasteiger partial charge in [0.1, 0.15) is 5.82 Å². The highest BCUT2D eigenvalue weighted by molar-refractivity contribution is 6.31. The smallest absolute Gasteiger partial charge is 0.127 e. The summed E-state index contributed by atoms with van der Waals surface area (Å²) in [5.74, 6) is -0.269. The summed E-state index contributed by atoms with van der Waals surface area (Å²) in [6.45, 7) is 2.44. The van der Waals surface area contributed by atoms with E-state index >= 15 is 0 Å². The van der Waals surface area contributed by atoms with E-state index in [-0.39, 0.29) is 11.4 Å². The van der Waals surface area contributed by atoms with E-state index in [0.29, 0.717) is 23.6 Å². The van der Waals surface area contributed by atoms with Crippen molar-refractivity contribution in [3.63, 3.8) is 0 Å². The molecule has 1 atom stereocenters. The molecule has 2 nitrogen and oxygen atoms in total. The third-order valence-electron chi connectivity index (χ3n) is 3.14. The fourth-order valence-corrected chi connectivity index (χ4v) is 1.72. The number of benzene rings is 1. The van der Waals surface area contributed by atoms with Crippen molar-refractivity contribution in [3.05, 3.63) is 34.6 Å². The summed E-state index contributed by atoms with van der Waals surface area (Å²) in [5, 5.41) is 0.460. The first-order valence-electron chi connectivity index (χ1n) is 5.21. The Hall–Kier alpha value is -0.640. The molecule has 90 valence electrons. The lowest BCUT2D eigenvalue weighted by atomic mass is 9.91. The fourth-order valence-electron chi connectivity index (χ4n) is 1.49. The van der Waals surface area contributed by atoms with Crippen LogP contribution in [0.2, 0.25) is 5.02 Å². The van der Waals surface area contributed by atoms with Gasteiger partial charge < -0.3 is 10.6 Å². The zero-order chi connectivity index (χ0) is 12.3.